The molecule has 1 amide bonds. The monoisotopic (exact) mass is 407 g/mol. The number of ether oxygens (including phenoxy) is 1. The maximum Gasteiger partial charge on any atom is 0.329 e. The minimum atomic E-state index is -0.537. The van der Waals surface area contributed by atoms with Gasteiger partial charge in [0.25, 0.3) is 5.91 Å². The van der Waals surface area contributed by atoms with Crippen LogP contribution in [-0.4, -0.2) is 28.0 Å². The first-order chi connectivity index (χ1) is 14.1. The van der Waals surface area contributed by atoms with E-state index in [1.54, 1.807) is 13.0 Å². The number of esters is 1. The van der Waals surface area contributed by atoms with Gasteiger partial charge in [-0.15, -0.1) is 0 Å². The lowest BCUT2D eigenvalue weighted by molar-refractivity contribution is -0.147. The van der Waals surface area contributed by atoms with Gasteiger partial charge in [0.05, 0.1) is 16.8 Å². The number of hydrogen-bond acceptors (Lipinski definition) is 4. The predicted molar refractivity (Wildman–Crippen MR) is 114 cm³/mol. The summed E-state index contributed by atoms with van der Waals surface area (Å²) in [5.74, 6) is -0.659. The minimum Gasteiger partial charge on any atom is -0.464 e. The summed E-state index contributed by atoms with van der Waals surface area (Å²) in [5.41, 5.74) is 2.34. The Morgan fingerprint density at radius 2 is 2.00 bits per heavy atom. The second kappa shape index (κ2) is 8.05. The van der Waals surface area contributed by atoms with Crippen molar-refractivity contribution in [1.29, 1.82) is 0 Å². The molecule has 2 heterocycles. The van der Waals surface area contributed by atoms with E-state index in [0.29, 0.717) is 23.4 Å². The Kier molecular flexibility index (Phi) is 5.31. The van der Waals surface area contributed by atoms with Crippen LogP contribution in [0.5, 0.6) is 0 Å². The smallest absolute Gasteiger partial charge is 0.329 e. The van der Waals surface area contributed by atoms with Crippen molar-refractivity contribution in [2.75, 3.05) is 6.61 Å². The third kappa shape index (κ3) is 3.61. The number of rotatable bonds is 5. The molecule has 0 aliphatic heterocycles. The van der Waals surface area contributed by atoms with Crippen molar-refractivity contribution in [2.24, 2.45) is 4.99 Å². The van der Waals surface area contributed by atoms with E-state index < -0.39 is 6.04 Å². The molecule has 0 saturated carbocycles. The van der Waals surface area contributed by atoms with Gasteiger partial charge in [-0.2, -0.15) is 4.99 Å². The molecule has 0 bridgehead atoms. The molecule has 148 valence electrons. The quantitative estimate of drug-likeness (QED) is 0.497. The van der Waals surface area contributed by atoms with Gasteiger partial charge in [-0.25, -0.2) is 4.79 Å². The van der Waals surface area contributed by atoms with Crippen molar-refractivity contribution in [2.45, 2.75) is 26.3 Å². The van der Waals surface area contributed by atoms with Gasteiger partial charge >= 0.3 is 5.97 Å². The molecule has 0 fully saturated rings. The van der Waals surface area contributed by atoms with Crippen LogP contribution in [0.3, 0.4) is 0 Å². The van der Waals surface area contributed by atoms with Crippen LogP contribution in [0.15, 0.2) is 59.7 Å². The van der Waals surface area contributed by atoms with Crippen molar-refractivity contribution in [3.05, 3.63) is 65.1 Å². The Bertz CT molecular complexity index is 1270. The molecule has 0 aliphatic carbocycles. The molecule has 0 radical (unpaired) electrons. The van der Waals surface area contributed by atoms with Crippen molar-refractivity contribution >= 4 is 44.3 Å². The van der Waals surface area contributed by atoms with Gasteiger partial charge in [0.2, 0.25) is 0 Å². The van der Waals surface area contributed by atoms with Crippen molar-refractivity contribution in [1.82, 2.24) is 9.55 Å². The summed E-state index contributed by atoms with van der Waals surface area (Å²) in [6.45, 7) is 4.01. The summed E-state index contributed by atoms with van der Waals surface area (Å²) < 4.78 is 8.05. The van der Waals surface area contributed by atoms with Gasteiger partial charge in [0.15, 0.2) is 4.80 Å². The topological polar surface area (TPSA) is 76.5 Å². The van der Waals surface area contributed by atoms with E-state index in [2.05, 4.69) is 9.98 Å². The standard InChI is InChI=1S/C22H21N3O3S/c1-3-17(21(27)28-4-2)25-18-7-5-6-8-19(18)29-22(25)24-20(26)15-9-10-16-14(13-15)11-12-23-16/h5-13,17,23H,3-4H2,1-2H3. The van der Waals surface area contributed by atoms with Gasteiger partial charge in [0, 0.05) is 22.7 Å². The van der Waals surface area contributed by atoms with E-state index in [-0.39, 0.29) is 11.9 Å². The molecule has 2 aromatic heterocycles. The highest BCUT2D eigenvalue weighted by Gasteiger charge is 2.23. The zero-order valence-corrected chi connectivity index (χ0v) is 17.0. The van der Waals surface area contributed by atoms with Crippen LogP contribution in [0.25, 0.3) is 21.1 Å². The van der Waals surface area contributed by atoms with Crippen molar-refractivity contribution < 1.29 is 14.3 Å². The third-order valence-corrected chi connectivity index (χ3v) is 5.82. The predicted octanol–water partition coefficient (Wildman–Crippen LogP) is 4.44. The normalized spacial score (nSPS) is 13.1. The molecule has 1 atom stereocenters. The lowest BCUT2D eigenvalue weighted by Gasteiger charge is -2.16. The van der Waals surface area contributed by atoms with Gasteiger partial charge in [-0.1, -0.05) is 30.4 Å². The molecule has 29 heavy (non-hydrogen) atoms. The Hall–Kier alpha value is -3.19. The van der Waals surface area contributed by atoms with Crippen LogP contribution in [-0.2, 0) is 9.53 Å². The van der Waals surface area contributed by atoms with E-state index in [4.69, 9.17) is 4.74 Å². The molecule has 4 rings (SSSR count). The second-order valence-electron chi connectivity index (χ2n) is 6.60. The van der Waals surface area contributed by atoms with Gasteiger partial charge in [-0.05, 0) is 49.7 Å². The Balaban J connectivity index is 1.85. The number of aromatic amines is 1. The van der Waals surface area contributed by atoms with Gasteiger partial charge in [-0.3, -0.25) is 4.79 Å². The fourth-order valence-corrected chi connectivity index (χ4v) is 4.47. The van der Waals surface area contributed by atoms with Crippen LogP contribution in [0.2, 0.25) is 0 Å². The number of amides is 1. The number of nitrogens with one attached hydrogen (secondary N) is 1. The van der Waals surface area contributed by atoms with Gasteiger partial charge < -0.3 is 14.3 Å². The first-order valence-corrected chi connectivity index (χ1v) is 10.4. The summed E-state index contributed by atoms with van der Waals surface area (Å²) in [6.07, 6.45) is 2.37. The summed E-state index contributed by atoms with van der Waals surface area (Å²) in [4.78, 5) is 33.5. The van der Waals surface area contributed by atoms with E-state index in [1.807, 2.05) is 60.2 Å². The van der Waals surface area contributed by atoms with Crippen LogP contribution in [0.4, 0.5) is 0 Å². The average Bonchev–Trinajstić information content (AvgIpc) is 3.33. The average molecular weight is 407 g/mol. The molecule has 7 heteroatoms. The van der Waals surface area contributed by atoms with Crippen molar-refractivity contribution in [3.63, 3.8) is 0 Å². The Labute approximate surface area is 171 Å². The third-order valence-electron chi connectivity index (χ3n) is 4.79. The number of aromatic nitrogens is 2. The highest BCUT2D eigenvalue weighted by molar-refractivity contribution is 7.16. The number of carbonyl (C=O) groups excluding carboxylic acids is 2. The maximum atomic E-state index is 12.9. The molecular weight excluding hydrogens is 386 g/mol. The van der Waals surface area contributed by atoms with E-state index >= 15 is 0 Å². The maximum absolute atomic E-state index is 12.9. The number of nitrogens with zero attached hydrogens (tertiary/aromatic N) is 2. The number of carbonyl (C=O) groups is 2. The summed E-state index contributed by atoms with van der Waals surface area (Å²) in [5, 5.41) is 0.952. The molecule has 6 nitrogen and oxygen atoms in total. The number of fused-ring (bicyclic) bond motifs is 2. The first kappa shape index (κ1) is 19.1. The minimum absolute atomic E-state index is 0.306. The zero-order chi connectivity index (χ0) is 20.4. The van der Waals surface area contributed by atoms with Crippen LogP contribution >= 0.6 is 11.3 Å². The molecule has 0 aliphatic rings. The fourth-order valence-electron chi connectivity index (χ4n) is 3.40. The summed E-state index contributed by atoms with van der Waals surface area (Å²) in [7, 11) is 0. The molecule has 4 aromatic rings. The van der Waals surface area contributed by atoms with E-state index in [1.165, 1.54) is 11.3 Å². The number of benzene rings is 2. The molecule has 0 saturated heterocycles. The lowest BCUT2D eigenvalue weighted by atomic mass is 10.1. The number of para-hydroxylation sites is 1. The molecule has 1 N–H and O–H groups in total. The second-order valence-corrected chi connectivity index (χ2v) is 7.60. The number of H-pyrrole nitrogens is 1. The summed E-state index contributed by atoms with van der Waals surface area (Å²) >= 11 is 1.39. The molecule has 2 aromatic carbocycles. The molecular formula is C22H21N3O3S. The molecule has 1 unspecified atom stereocenters. The molecule has 0 spiro atoms. The summed E-state index contributed by atoms with van der Waals surface area (Å²) in [6, 6.07) is 14.6. The first-order valence-electron chi connectivity index (χ1n) is 9.55. The van der Waals surface area contributed by atoms with Gasteiger partial charge in [0.1, 0.15) is 6.04 Å². The van der Waals surface area contributed by atoms with Crippen molar-refractivity contribution in [3.8, 4) is 0 Å². The van der Waals surface area contributed by atoms with Crippen LogP contribution in [0.1, 0.15) is 36.7 Å². The Morgan fingerprint density at radius 3 is 2.79 bits per heavy atom. The van der Waals surface area contributed by atoms with Crippen LogP contribution in [0, 0.1) is 0 Å². The Morgan fingerprint density at radius 1 is 1.17 bits per heavy atom. The highest BCUT2D eigenvalue weighted by Crippen LogP contribution is 2.23. The van der Waals surface area contributed by atoms with E-state index in [0.717, 1.165) is 21.1 Å². The highest BCUT2D eigenvalue weighted by atomic mass is 32.1. The van der Waals surface area contributed by atoms with Crippen LogP contribution < -0.4 is 4.80 Å². The number of hydrogen-bond donors (Lipinski definition) is 1. The van der Waals surface area contributed by atoms with E-state index in [9.17, 15) is 9.59 Å². The fraction of sp³-hybridized carbons (Fsp3) is 0.227. The largest absolute Gasteiger partial charge is 0.464 e. The zero-order valence-electron chi connectivity index (χ0n) is 16.2. The number of thiazole rings is 1. The SMILES string of the molecule is CCOC(=O)C(CC)n1c(=NC(=O)c2ccc3[nH]ccc3c2)sc2ccccc21. The lowest BCUT2D eigenvalue weighted by Crippen LogP contribution is -2.29.